The molecule has 0 bridgehead atoms. The predicted octanol–water partition coefficient (Wildman–Crippen LogP) is 4.19. The van der Waals surface area contributed by atoms with Gasteiger partial charge in [-0.1, -0.05) is 48.5 Å². The zero-order valence-corrected chi connectivity index (χ0v) is 19.2. The fourth-order valence-electron chi connectivity index (χ4n) is 4.07. The van der Waals surface area contributed by atoms with Crippen molar-refractivity contribution in [2.45, 2.75) is 5.92 Å². The minimum Gasteiger partial charge on any atom is -0.477 e. The van der Waals surface area contributed by atoms with Gasteiger partial charge in [-0.15, -0.1) is 11.3 Å². The van der Waals surface area contributed by atoms with Gasteiger partial charge in [0.15, 0.2) is 10.9 Å². The molecule has 5 rings (SSSR count). The standard InChI is InChI=1S/C24H19N5O5S/c1-29-10-17(22(31)32)20(28-29)26-21(30)19-12-35-23(25-19)27-24(33)34-11-18-15-8-4-2-6-13(15)14-7-3-5-9-16(14)18/h2-10,12,18H,11H2,1H3,(H,31,32)(H,25,27,33)(H,26,28,30). The Balaban J connectivity index is 1.22. The number of fused-ring (bicyclic) bond motifs is 3. The lowest BCUT2D eigenvalue weighted by molar-refractivity contribution is 0.0697. The van der Waals surface area contributed by atoms with Crippen molar-refractivity contribution in [1.29, 1.82) is 0 Å². The van der Waals surface area contributed by atoms with Gasteiger partial charge >= 0.3 is 12.1 Å². The summed E-state index contributed by atoms with van der Waals surface area (Å²) >= 11 is 1.04. The van der Waals surface area contributed by atoms with Crippen molar-refractivity contribution in [3.05, 3.63) is 82.5 Å². The van der Waals surface area contributed by atoms with Crippen LogP contribution in [-0.4, -0.2) is 44.4 Å². The fraction of sp³-hybridized carbons (Fsp3) is 0.125. The van der Waals surface area contributed by atoms with E-state index in [-0.39, 0.29) is 34.7 Å². The Morgan fingerprint density at radius 2 is 1.71 bits per heavy atom. The first kappa shape index (κ1) is 22.3. The first-order valence-corrected chi connectivity index (χ1v) is 11.4. The van der Waals surface area contributed by atoms with E-state index in [4.69, 9.17) is 4.74 Å². The van der Waals surface area contributed by atoms with Gasteiger partial charge < -0.3 is 15.2 Å². The van der Waals surface area contributed by atoms with Gasteiger partial charge in [0.25, 0.3) is 5.91 Å². The number of carbonyl (C=O) groups is 3. The number of hydrogen-bond donors (Lipinski definition) is 3. The quantitative estimate of drug-likeness (QED) is 0.370. The molecule has 2 aromatic heterocycles. The Morgan fingerprint density at radius 1 is 1.06 bits per heavy atom. The van der Waals surface area contributed by atoms with Crippen LogP contribution in [0.1, 0.15) is 37.9 Å². The minimum absolute atomic E-state index is 0.00550. The Labute approximate surface area is 203 Å². The van der Waals surface area contributed by atoms with Crippen molar-refractivity contribution >= 4 is 40.3 Å². The minimum atomic E-state index is -1.22. The molecular formula is C24H19N5O5S. The number of thiazole rings is 1. The smallest absolute Gasteiger partial charge is 0.413 e. The third-order valence-corrected chi connectivity index (χ3v) is 6.34. The van der Waals surface area contributed by atoms with E-state index >= 15 is 0 Å². The Kier molecular flexibility index (Phi) is 5.75. The molecule has 2 aromatic carbocycles. The molecule has 0 radical (unpaired) electrons. The normalized spacial score (nSPS) is 12.0. The number of nitrogens with one attached hydrogen (secondary N) is 2. The number of anilines is 2. The highest BCUT2D eigenvalue weighted by atomic mass is 32.1. The second-order valence-electron chi connectivity index (χ2n) is 7.81. The number of nitrogens with zero attached hydrogens (tertiary/aromatic N) is 3. The lowest BCUT2D eigenvalue weighted by Gasteiger charge is -2.14. The molecule has 0 unspecified atom stereocenters. The molecule has 0 spiro atoms. The molecule has 10 nitrogen and oxygen atoms in total. The van der Waals surface area contributed by atoms with Crippen LogP contribution in [0.4, 0.5) is 15.7 Å². The molecule has 35 heavy (non-hydrogen) atoms. The molecule has 0 fully saturated rings. The summed E-state index contributed by atoms with van der Waals surface area (Å²) in [7, 11) is 1.54. The van der Waals surface area contributed by atoms with Gasteiger partial charge in [0.05, 0.1) is 0 Å². The summed E-state index contributed by atoms with van der Waals surface area (Å²) < 4.78 is 6.77. The number of aryl methyl sites for hydroxylation is 1. The second kappa shape index (κ2) is 9.03. The Morgan fingerprint density at radius 3 is 2.37 bits per heavy atom. The second-order valence-corrected chi connectivity index (χ2v) is 8.67. The summed E-state index contributed by atoms with van der Waals surface area (Å²) in [6.45, 7) is 0.149. The average molecular weight is 490 g/mol. The summed E-state index contributed by atoms with van der Waals surface area (Å²) in [6, 6.07) is 16.1. The largest absolute Gasteiger partial charge is 0.477 e. The number of rotatable bonds is 6. The van der Waals surface area contributed by atoms with Crippen LogP contribution in [-0.2, 0) is 11.8 Å². The van der Waals surface area contributed by atoms with Crippen molar-refractivity contribution < 1.29 is 24.2 Å². The van der Waals surface area contributed by atoms with Gasteiger partial charge in [-0.2, -0.15) is 5.10 Å². The van der Waals surface area contributed by atoms with Crippen LogP contribution in [0.15, 0.2) is 60.1 Å². The van der Waals surface area contributed by atoms with Crippen molar-refractivity contribution in [2.24, 2.45) is 7.05 Å². The van der Waals surface area contributed by atoms with Crippen molar-refractivity contribution in [2.75, 3.05) is 17.2 Å². The summed E-state index contributed by atoms with van der Waals surface area (Å²) in [6.07, 6.45) is 0.592. The molecule has 1 aliphatic rings. The van der Waals surface area contributed by atoms with Crippen LogP contribution in [0.2, 0.25) is 0 Å². The number of carboxylic acids is 1. The van der Waals surface area contributed by atoms with E-state index < -0.39 is 18.0 Å². The van der Waals surface area contributed by atoms with E-state index in [2.05, 4.69) is 32.8 Å². The van der Waals surface area contributed by atoms with E-state index in [1.807, 2.05) is 36.4 Å². The SMILES string of the molecule is Cn1cc(C(=O)O)c(NC(=O)c2csc(NC(=O)OCC3c4ccccc4-c4ccccc43)n2)n1. The fourth-order valence-corrected chi connectivity index (χ4v) is 4.74. The first-order chi connectivity index (χ1) is 16.9. The van der Waals surface area contributed by atoms with Crippen molar-refractivity contribution in [3.8, 4) is 11.1 Å². The van der Waals surface area contributed by atoms with Crippen LogP contribution in [0.3, 0.4) is 0 Å². The van der Waals surface area contributed by atoms with Gasteiger partial charge in [0, 0.05) is 24.5 Å². The van der Waals surface area contributed by atoms with E-state index in [1.165, 1.54) is 16.3 Å². The average Bonchev–Trinajstić information content (AvgIpc) is 3.54. The first-order valence-electron chi connectivity index (χ1n) is 10.6. The highest BCUT2D eigenvalue weighted by Crippen LogP contribution is 2.44. The zero-order valence-electron chi connectivity index (χ0n) is 18.4. The number of carbonyl (C=O) groups excluding carboxylic acids is 2. The molecule has 0 saturated heterocycles. The van der Waals surface area contributed by atoms with Gasteiger partial charge in [0.2, 0.25) is 0 Å². The third-order valence-electron chi connectivity index (χ3n) is 5.58. The van der Waals surface area contributed by atoms with E-state index in [1.54, 1.807) is 7.05 Å². The lowest BCUT2D eigenvalue weighted by atomic mass is 9.98. The molecule has 176 valence electrons. The highest BCUT2D eigenvalue weighted by Gasteiger charge is 2.29. The molecule has 1 aliphatic carbocycles. The summed E-state index contributed by atoms with van der Waals surface area (Å²) in [5, 5.41) is 19.7. The van der Waals surface area contributed by atoms with Gasteiger partial charge in [0.1, 0.15) is 17.9 Å². The maximum absolute atomic E-state index is 12.5. The third kappa shape index (κ3) is 4.36. The van der Waals surface area contributed by atoms with Crippen LogP contribution in [0.25, 0.3) is 11.1 Å². The van der Waals surface area contributed by atoms with Crippen molar-refractivity contribution in [1.82, 2.24) is 14.8 Å². The number of aromatic nitrogens is 3. The van der Waals surface area contributed by atoms with E-state index in [0.29, 0.717) is 0 Å². The number of hydrogen-bond acceptors (Lipinski definition) is 7. The molecule has 11 heteroatoms. The molecule has 2 heterocycles. The topological polar surface area (TPSA) is 135 Å². The maximum Gasteiger partial charge on any atom is 0.413 e. The van der Waals surface area contributed by atoms with Gasteiger partial charge in [-0.3, -0.25) is 14.8 Å². The highest BCUT2D eigenvalue weighted by molar-refractivity contribution is 7.14. The predicted molar refractivity (Wildman–Crippen MR) is 129 cm³/mol. The molecule has 4 aromatic rings. The number of amides is 2. The Hall–Kier alpha value is -4.51. The number of aromatic carboxylic acids is 1. The number of carboxylic acid groups (broad SMARTS) is 1. The molecule has 0 saturated carbocycles. The van der Waals surface area contributed by atoms with Crippen LogP contribution < -0.4 is 10.6 Å². The van der Waals surface area contributed by atoms with Crippen molar-refractivity contribution in [3.63, 3.8) is 0 Å². The van der Waals surface area contributed by atoms with Crippen LogP contribution in [0, 0.1) is 0 Å². The molecular weight excluding hydrogens is 470 g/mol. The molecule has 2 amide bonds. The van der Waals surface area contributed by atoms with Crippen LogP contribution in [0.5, 0.6) is 0 Å². The van der Waals surface area contributed by atoms with E-state index in [9.17, 15) is 19.5 Å². The zero-order chi connectivity index (χ0) is 24.5. The Bertz CT molecular complexity index is 1410. The molecule has 3 N–H and O–H groups in total. The summed E-state index contributed by atoms with van der Waals surface area (Å²) in [5.74, 6) is -2.04. The number of ether oxygens (including phenoxy) is 1. The molecule has 0 atom stereocenters. The summed E-state index contributed by atoms with van der Waals surface area (Å²) in [5.41, 5.74) is 4.33. The monoisotopic (exact) mass is 489 g/mol. The van der Waals surface area contributed by atoms with E-state index in [0.717, 1.165) is 33.6 Å². The maximum atomic E-state index is 12.5. The summed E-state index contributed by atoms with van der Waals surface area (Å²) in [4.78, 5) is 40.3. The van der Waals surface area contributed by atoms with Gasteiger partial charge in [-0.05, 0) is 22.3 Å². The molecule has 0 aliphatic heterocycles. The van der Waals surface area contributed by atoms with Crippen LogP contribution >= 0.6 is 11.3 Å². The lowest BCUT2D eigenvalue weighted by Crippen LogP contribution is -2.18. The number of benzene rings is 2. The van der Waals surface area contributed by atoms with Gasteiger partial charge in [-0.25, -0.2) is 14.6 Å².